The number of aromatic nitrogens is 3. The maximum absolute atomic E-state index is 12.8. The Bertz CT molecular complexity index is 1260. The number of nitrogens with one attached hydrogen (secondary N) is 1. The predicted octanol–water partition coefficient (Wildman–Crippen LogP) is 4.88. The van der Waals surface area contributed by atoms with Gasteiger partial charge in [0, 0.05) is 18.1 Å². The number of aryl methyl sites for hydroxylation is 2. The highest BCUT2D eigenvalue weighted by Crippen LogP contribution is 2.34. The SMILES string of the molecule is Cc1ccc(CNC(=O)[C@H]2CCCN(c3nc4c(s3)c(C)nn4-c3ccc(Cl)cc3)C2)o1. The number of rotatable bonds is 5. The number of hydrogen-bond acceptors (Lipinski definition) is 6. The molecular weight excluding hydrogens is 446 g/mol. The minimum atomic E-state index is -0.0688. The number of hydrogen-bond donors (Lipinski definition) is 1. The molecule has 4 aromatic rings. The number of piperidine rings is 1. The Kier molecular flexibility index (Phi) is 5.65. The predicted molar refractivity (Wildman–Crippen MR) is 127 cm³/mol. The van der Waals surface area contributed by atoms with Crippen molar-refractivity contribution in [3.8, 4) is 5.69 Å². The Morgan fingerprint density at radius 1 is 1.25 bits per heavy atom. The molecule has 1 N–H and O–H groups in total. The van der Waals surface area contributed by atoms with Gasteiger partial charge in [0.25, 0.3) is 0 Å². The molecule has 4 heterocycles. The highest BCUT2D eigenvalue weighted by molar-refractivity contribution is 7.22. The molecule has 1 aliphatic heterocycles. The van der Waals surface area contributed by atoms with Gasteiger partial charge in [-0.3, -0.25) is 4.79 Å². The third kappa shape index (κ3) is 4.12. The highest BCUT2D eigenvalue weighted by atomic mass is 35.5. The van der Waals surface area contributed by atoms with Gasteiger partial charge >= 0.3 is 0 Å². The van der Waals surface area contributed by atoms with Crippen LogP contribution in [0, 0.1) is 19.8 Å². The molecule has 1 aromatic carbocycles. The number of furan rings is 1. The van der Waals surface area contributed by atoms with Crippen LogP contribution < -0.4 is 10.2 Å². The van der Waals surface area contributed by atoms with Crippen LogP contribution in [0.25, 0.3) is 16.0 Å². The first-order valence-electron chi connectivity index (χ1n) is 10.7. The molecular formula is C23H24ClN5O2S. The average molecular weight is 470 g/mol. The van der Waals surface area contributed by atoms with Gasteiger partial charge in [0.05, 0.1) is 28.5 Å². The molecule has 0 unspecified atom stereocenters. The lowest BCUT2D eigenvalue weighted by Gasteiger charge is -2.31. The van der Waals surface area contributed by atoms with Crippen molar-refractivity contribution in [3.63, 3.8) is 0 Å². The quantitative estimate of drug-likeness (QED) is 0.451. The molecule has 1 saturated heterocycles. The fraction of sp³-hybridized carbons (Fsp3) is 0.348. The Morgan fingerprint density at radius 2 is 2.06 bits per heavy atom. The van der Waals surface area contributed by atoms with Crippen molar-refractivity contribution in [2.45, 2.75) is 33.2 Å². The Morgan fingerprint density at radius 3 is 2.81 bits per heavy atom. The Hall–Kier alpha value is -2.84. The summed E-state index contributed by atoms with van der Waals surface area (Å²) in [5.74, 6) is 1.62. The molecule has 9 heteroatoms. The number of halogens is 1. The molecule has 166 valence electrons. The number of carbonyl (C=O) groups excluding carboxylic acids is 1. The highest BCUT2D eigenvalue weighted by Gasteiger charge is 2.28. The van der Waals surface area contributed by atoms with Gasteiger partial charge in [-0.25, -0.2) is 4.68 Å². The third-order valence-corrected chi connectivity index (χ3v) is 7.21. The van der Waals surface area contributed by atoms with E-state index in [4.69, 9.17) is 21.0 Å². The molecule has 32 heavy (non-hydrogen) atoms. The van der Waals surface area contributed by atoms with Crippen molar-refractivity contribution < 1.29 is 9.21 Å². The minimum absolute atomic E-state index is 0.0633. The summed E-state index contributed by atoms with van der Waals surface area (Å²) >= 11 is 7.67. The summed E-state index contributed by atoms with van der Waals surface area (Å²) in [7, 11) is 0. The standard InChI is InChI=1S/C23H24ClN5O2S/c1-14-5-10-19(31-14)12-25-22(30)16-4-3-11-28(13-16)23-26-21-20(32-23)15(2)27-29(21)18-8-6-17(24)7-9-18/h5-10,16H,3-4,11-13H2,1-2H3,(H,25,30)/t16-/m0/s1. The van der Waals surface area contributed by atoms with Gasteiger partial charge in [0.1, 0.15) is 11.5 Å². The smallest absolute Gasteiger partial charge is 0.225 e. The van der Waals surface area contributed by atoms with Crippen LogP contribution in [-0.2, 0) is 11.3 Å². The van der Waals surface area contributed by atoms with Gasteiger partial charge in [-0.05, 0) is 63.1 Å². The topological polar surface area (TPSA) is 76.2 Å². The molecule has 7 nitrogen and oxygen atoms in total. The molecule has 3 aromatic heterocycles. The largest absolute Gasteiger partial charge is 0.465 e. The zero-order valence-corrected chi connectivity index (χ0v) is 19.5. The van der Waals surface area contributed by atoms with Crippen molar-refractivity contribution in [1.29, 1.82) is 0 Å². The van der Waals surface area contributed by atoms with Crippen molar-refractivity contribution >= 4 is 44.3 Å². The summed E-state index contributed by atoms with van der Waals surface area (Å²) in [5, 5.41) is 9.30. The van der Waals surface area contributed by atoms with E-state index in [1.165, 1.54) is 0 Å². The maximum atomic E-state index is 12.8. The van der Waals surface area contributed by atoms with Crippen LogP contribution >= 0.6 is 22.9 Å². The summed E-state index contributed by atoms with van der Waals surface area (Å²) in [4.78, 5) is 19.9. The fourth-order valence-electron chi connectivity index (χ4n) is 4.08. The van der Waals surface area contributed by atoms with Gasteiger partial charge in [-0.1, -0.05) is 22.9 Å². The summed E-state index contributed by atoms with van der Waals surface area (Å²) in [5.41, 5.74) is 2.71. The molecule has 0 bridgehead atoms. The van der Waals surface area contributed by atoms with Crippen molar-refractivity contribution in [2.75, 3.05) is 18.0 Å². The molecule has 1 fully saturated rings. The lowest BCUT2D eigenvalue weighted by Crippen LogP contribution is -2.42. The second kappa shape index (κ2) is 8.60. The molecule has 0 radical (unpaired) electrons. The average Bonchev–Trinajstić information content (AvgIpc) is 3.49. The van der Waals surface area contributed by atoms with E-state index in [1.54, 1.807) is 11.3 Å². The number of amides is 1. The van der Waals surface area contributed by atoms with E-state index in [1.807, 2.05) is 54.9 Å². The van der Waals surface area contributed by atoms with Crippen LogP contribution in [0.4, 0.5) is 5.13 Å². The Labute approximate surface area is 195 Å². The van der Waals surface area contributed by atoms with Gasteiger partial charge in [-0.2, -0.15) is 10.1 Å². The zero-order chi connectivity index (χ0) is 22.2. The van der Waals surface area contributed by atoms with E-state index in [0.717, 1.165) is 57.8 Å². The number of carbonyl (C=O) groups is 1. The number of thiazole rings is 1. The molecule has 5 rings (SSSR count). The van der Waals surface area contributed by atoms with E-state index >= 15 is 0 Å². The van der Waals surface area contributed by atoms with Gasteiger partial charge < -0.3 is 14.6 Å². The first kappa shape index (κ1) is 21.0. The molecule has 0 saturated carbocycles. The van der Waals surface area contributed by atoms with Gasteiger partial charge in [0.2, 0.25) is 5.91 Å². The molecule has 0 aliphatic carbocycles. The number of nitrogens with zero attached hydrogens (tertiary/aromatic N) is 4. The van der Waals surface area contributed by atoms with Crippen molar-refractivity contribution in [2.24, 2.45) is 5.92 Å². The van der Waals surface area contributed by atoms with Crippen molar-refractivity contribution in [1.82, 2.24) is 20.1 Å². The Balaban J connectivity index is 1.33. The number of benzene rings is 1. The maximum Gasteiger partial charge on any atom is 0.225 e. The van der Waals surface area contributed by atoms with Crippen LogP contribution in [0.15, 0.2) is 40.8 Å². The third-order valence-electron chi connectivity index (χ3n) is 5.74. The second-order valence-corrected chi connectivity index (χ2v) is 9.55. The van der Waals surface area contributed by atoms with E-state index < -0.39 is 0 Å². The second-order valence-electron chi connectivity index (χ2n) is 8.14. The number of fused-ring (bicyclic) bond motifs is 1. The molecule has 1 amide bonds. The van der Waals surface area contributed by atoms with E-state index in [-0.39, 0.29) is 11.8 Å². The molecule has 1 atom stereocenters. The van der Waals surface area contributed by atoms with Crippen LogP contribution in [0.5, 0.6) is 0 Å². The fourth-order valence-corrected chi connectivity index (χ4v) is 5.23. The van der Waals surface area contributed by atoms with E-state index in [9.17, 15) is 4.79 Å². The molecule has 0 spiro atoms. The first-order valence-corrected chi connectivity index (χ1v) is 11.9. The lowest BCUT2D eigenvalue weighted by molar-refractivity contribution is -0.125. The summed E-state index contributed by atoms with van der Waals surface area (Å²) in [6, 6.07) is 11.4. The van der Waals surface area contributed by atoms with Crippen LogP contribution in [0.3, 0.4) is 0 Å². The monoisotopic (exact) mass is 469 g/mol. The van der Waals surface area contributed by atoms with Gasteiger partial charge in [0.15, 0.2) is 10.8 Å². The zero-order valence-electron chi connectivity index (χ0n) is 18.0. The summed E-state index contributed by atoms with van der Waals surface area (Å²) in [6.07, 6.45) is 1.83. The lowest BCUT2D eigenvalue weighted by atomic mass is 9.97. The molecule has 1 aliphatic rings. The minimum Gasteiger partial charge on any atom is -0.465 e. The summed E-state index contributed by atoms with van der Waals surface area (Å²) < 4.78 is 8.48. The number of anilines is 1. The summed E-state index contributed by atoms with van der Waals surface area (Å²) in [6.45, 7) is 5.87. The van der Waals surface area contributed by atoms with E-state index in [0.29, 0.717) is 18.1 Å². The van der Waals surface area contributed by atoms with Crippen LogP contribution in [0.1, 0.15) is 30.1 Å². The van der Waals surface area contributed by atoms with Gasteiger partial charge in [-0.15, -0.1) is 0 Å². The first-order chi connectivity index (χ1) is 15.5. The normalized spacial score (nSPS) is 16.6. The van der Waals surface area contributed by atoms with E-state index in [2.05, 4.69) is 15.3 Å². The van der Waals surface area contributed by atoms with Crippen LogP contribution in [0.2, 0.25) is 5.02 Å². The van der Waals surface area contributed by atoms with Crippen LogP contribution in [-0.4, -0.2) is 33.8 Å². The van der Waals surface area contributed by atoms with Crippen molar-refractivity contribution in [3.05, 3.63) is 58.6 Å².